The lowest BCUT2D eigenvalue weighted by Gasteiger charge is -2.12. The molecule has 1 aliphatic heterocycles. The molecule has 3 rings (SSSR count). The molecule has 0 bridgehead atoms. The molecule has 1 saturated heterocycles. The van der Waals surface area contributed by atoms with Crippen molar-refractivity contribution in [2.75, 3.05) is 11.9 Å². The molecule has 0 radical (unpaired) electrons. The molecular weight excluding hydrogens is 276 g/mol. The monoisotopic (exact) mass is 290 g/mol. The van der Waals surface area contributed by atoms with Crippen LogP contribution in [0.4, 0.5) is 5.69 Å². The van der Waals surface area contributed by atoms with Crippen LogP contribution < -0.4 is 10.6 Å². The molecule has 2 N–H and O–H groups in total. The van der Waals surface area contributed by atoms with Crippen molar-refractivity contribution in [2.24, 2.45) is 0 Å². The van der Waals surface area contributed by atoms with Crippen LogP contribution in [-0.4, -0.2) is 28.3 Å². The summed E-state index contributed by atoms with van der Waals surface area (Å²) in [5.41, 5.74) is 1.48. The van der Waals surface area contributed by atoms with Gasteiger partial charge in [0.2, 0.25) is 5.91 Å². The van der Waals surface area contributed by atoms with Crippen molar-refractivity contribution in [2.45, 2.75) is 18.9 Å². The Hall–Kier alpha value is -1.85. The van der Waals surface area contributed by atoms with Gasteiger partial charge in [-0.15, -0.1) is 0 Å². The molecule has 5 nitrogen and oxygen atoms in total. The van der Waals surface area contributed by atoms with Crippen LogP contribution in [0, 0.1) is 0 Å². The maximum atomic E-state index is 12.0. The Labute approximate surface area is 121 Å². The van der Waals surface area contributed by atoms with E-state index in [2.05, 4.69) is 15.7 Å². The number of halogens is 1. The van der Waals surface area contributed by atoms with Crippen LogP contribution in [0.2, 0.25) is 5.02 Å². The second-order valence-electron chi connectivity index (χ2n) is 4.76. The Kier molecular flexibility index (Phi) is 3.71. The number of aromatic nitrogens is 2. The Bertz CT molecular complexity index is 606. The van der Waals surface area contributed by atoms with Crippen molar-refractivity contribution in [3.8, 4) is 5.69 Å². The summed E-state index contributed by atoms with van der Waals surface area (Å²) in [6, 6.07) is 7.14. The Morgan fingerprint density at radius 1 is 1.50 bits per heavy atom. The van der Waals surface area contributed by atoms with Gasteiger partial charge in [-0.1, -0.05) is 11.6 Å². The predicted molar refractivity (Wildman–Crippen MR) is 78.2 cm³/mol. The topological polar surface area (TPSA) is 59.0 Å². The van der Waals surface area contributed by atoms with Gasteiger partial charge >= 0.3 is 0 Å². The lowest BCUT2D eigenvalue weighted by Crippen LogP contribution is -2.35. The molecule has 0 aliphatic carbocycles. The number of benzene rings is 1. The van der Waals surface area contributed by atoms with Gasteiger partial charge in [-0.3, -0.25) is 4.79 Å². The SMILES string of the molecule is O=C(Nc1ccc(-n2cccn2)c(Cl)c1)C1CCCN1. The fourth-order valence-corrected chi connectivity index (χ4v) is 2.59. The molecule has 1 aromatic heterocycles. The van der Waals surface area contributed by atoms with Gasteiger partial charge in [0.15, 0.2) is 0 Å². The van der Waals surface area contributed by atoms with E-state index in [1.54, 1.807) is 16.9 Å². The minimum absolute atomic E-state index is 0.00888. The van der Waals surface area contributed by atoms with Gasteiger partial charge < -0.3 is 10.6 Å². The van der Waals surface area contributed by atoms with Crippen LogP contribution in [0.1, 0.15) is 12.8 Å². The average Bonchev–Trinajstić information content (AvgIpc) is 3.12. The van der Waals surface area contributed by atoms with Crippen molar-refractivity contribution < 1.29 is 4.79 Å². The third-order valence-corrected chi connectivity index (χ3v) is 3.65. The van der Waals surface area contributed by atoms with Gasteiger partial charge in [0.1, 0.15) is 0 Å². The van der Waals surface area contributed by atoms with E-state index < -0.39 is 0 Å². The molecule has 0 spiro atoms. The largest absolute Gasteiger partial charge is 0.325 e. The zero-order valence-corrected chi connectivity index (χ0v) is 11.6. The van der Waals surface area contributed by atoms with E-state index in [-0.39, 0.29) is 11.9 Å². The number of amides is 1. The van der Waals surface area contributed by atoms with Gasteiger partial charge in [0, 0.05) is 18.1 Å². The number of rotatable bonds is 3. The minimum Gasteiger partial charge on any atom is -0.325 e. The molecular formula is C14H15ClN4O. The maximum Gasteiger partial charge on any atom is 0.241 e. The summed E-state index contributed by atoms with van der Waals surface area (Å²) >= 11 is 6.24. The summed E-state index contributed by atoms with van der Waals surface area (Å²) in [5, 5.41) is 10.7. The number of carbonyl (C=O) groups excluding carboxylic acids is 1. The molecule has 6 heteroatoms. The molecule has 1 amide bonds. The maximum absolute atomic E-state index is 12.0. The third kappa shape index (κ3) is 2.69. The summed E-state index contributed by atoms with van der Waals surface area (Å²) in [7, 11) is 0. The Morgan fingerprint density at radius 3 is 3.05 bits per heavy atom. The van der Waals surface area contributed by atoms with Crippen molar-refractivity contribution in [1.29, 1.82) is 0 Å². The zero-order valence-electron chi connectivity index (χ0n) is 10.8. The van der Waals surface area contributed by atoms with Crippen molar-refractivity contribution >= 4 is 23.2 Å². The summed E-state index contributed by atoms with van der Waals surface area (Å²) in [4.78, 5) is 12.0. The number of carbonyl (C=O) groups is 1. The van der Waals surface area contributed by atoms with E-state index >= 15 is 0 Å². The predicted octanol–water partition coefficient (Wildman–Crippen LogP) is 2.22. The first-order chi connectivity index (χ1) is 9.74. The van der Waals surface area contributed by atoms with Crippen LogP contribution in [-0.2, 0) is 4.79 Å². The number of hydrogen-bond donors (Lipinski definition) is 2. The first-order valence-corrected chi connectivity index (χ1v) is 6.95. The summed E-state index contributed by atoms with van der Waals surface area (Å²) in [6.45, 7) is 0.900. The lowest BCUT2D eigenvalue weighted by atomic mass is 10.2. The van der Waals surface area contributed by atoms with Gasteiger partial charge in [0.25, 0.3) is 0 Å². The quantitative estimate of drug-likeness (QED) is 0.911. The number of hydrogen-bond acceptors (Lipinski definition) is 3. The fourth-order valence-electron chi connectivity index (χ4n) is 2.32. The first kappa shape index (κ1) is 13.1. The van der Waals surface area contributed by atoms with E-state index in [0.717, 1.165) is 25.1 Å². The lowest BCUT2D eigenvalue weighted by molar-refractivity contribution is -0.117. The molecule has 2 aromatic rings. The molecule has 1 aliphatic rings. The smallest absolute Gasteiger partial charge is 0.241 e. The molecule has 1 aromatic carbocycles. The Morgan fingerprint density at radius 2 is 2.40 bits per heavy atom. The summed E-state index contributed by atoms with van der Waals surface area (Å²) in [5.74, 6) is -0.00888. The fraction of sp³-hybridized carbons (Fsp3) is 0.286. The summed E-state index contributed by atoms with van der Waals surface area (Å²) in [6.07, 6.45) is 5.43. The van der Waals surface area contributed by atoms with E-state index in [1.807, 2.05) is 24.4 Å². The Balaban J connectivity index is 1.75. The normalized spacial score (nSPS) is 18.1. The number of anilines is 1. The number of nitrogens with zero attached hydrogens (tertiary/aromatic N) is 2. The van der Waals surface area contributed by atoms with Crippen molar-refractivity contribution in [3.63, 3.8) is 0 Å². The van der Waals surface area contributed by atoms with E-state index in [0.29, 0.717) is 10.7 Å². The van der Waals surface area contributed by atoms with Gasteiger partial charge in [-0.2, -0.15) is 5.10 Å². The van der Waals surface area contributed by atoms with Crippen LogP contribution in [0.25, 0.3) is 5.69 Å². The van der Waals surface area contributed by atoms with Crippen LogP contribution in [0.3, 0.4) is 0 Å². The highest BCUT2D eigenvalue weighted by molar-refractivity contribution is 6.32. The minimum atomic E-state index is -0.0976. The second kappa shape index (κ2) is 5.64. The highest BCUT2D eigenvalue weighted by Crippen LogP contribution is 2.24. The van der Waals surface area contributed by atoms with Crippen molar-refractivity contribution in [1.82, 2.24) is 15.1 Å². The third-order valence-electron chi connectivity index (χ3n) is 3.34. The molecule has 2 heterocycles. The highest BCUT2D eigenvalue weighted by atomic mass is 35.5. The van der Waals surface area contributed by atoms with E-state index in [9.17, 15) is 4.79 Å². The van der Waals surface area contributed by atoms with Crippen LogP contribution >= 0.6 is 11.6 Å². The molecule has 104 valence electrons. The molecule has 0 saturated carbocycles. The highest BCUT2D eigenvalue weighted by Gasteiger charge is 2.22. The van der Waals surface area contributed by atoms with Crippen LogP contribution in [0.15, 0.2) is 36.7 Å². The molecule has 1 unspecified atom stereocenters. The van der Waals surface area contributed by atoms with Gasteiger partial charge in [-0.05, 0) is 43.7 Å². The average molecular weight is 291 g/mol. The second-order valence-corrected chi connectivity index (χ2v) is 5.16. The molecule has 20 heavy (non-hydrogen) atoms. The van der Waals surface area contributed by atoms with Crippen LogP contribution in [0.5, 0.6) is 0 Å². The summed E-state index contributed by atoms with van der Waals surface area (Å²) < 4.78 is 1.69. The van der Waals surface area contributed by atoms with Gasteiger partial charge in [-0.25, -0.2) is 4.68 Å². The van der Waals surface area contributed by atoms with Gasteiger partial charge in [0.05, 0.1) is 16.8 Å². The molecule has 1 atom stereocenters. The van der Waals surface area contributed by atoms with Crippen molar-refractivity contribution in [3.05, 3.63) is 41.7 Å². The zero-order chi connectivity index (χ0) is 13.9. The number of nitrogens with one attached hydrogen (secondary N) is 2. The van der Waals surface area contributed by atoms with E-state index in [1.165, 1.54) is 0 Å². The first-order valence-electron chi connectivity index (χ1n) is 6.58. The van der Waals surface area contributed by atoms with E-state index in [4.69, 9.17) is 11.6 Å². The standard InChI is InChI=1S/C14H15ClN4O/c15-11-9-10(18-14(20)12-3-1-6-16-12)4-5-13(11)19-8-2-7-17-19/h2,4-5,7-9,12,16H,1,3,6H2,(H,18,20). The molecule has 1 fully saturated rings.